The van der Waals surface area contributed by atoms with Gasteiger partial charge in [-0.1, -0.05) is 0 Å². The van der Waals surface area contributed by atoms with Gasteiger partial charge >= 0.3 is 6.03 Å². The van der Waals surface area contributed by atoms with Crippen molar-refractivity contribution in [1.82, 2.24) is 30.0 Å². The quantitative estimate of drug-likeness (QED) is 0.895. The molecule has 0 bridgehead atoms. The lowest BCUT2D eigenvalue weighted by Gasteiger charge is -2.35. The predicted molar refractivity (Wildman–Crippen MR) is 96.3 cm³/mol. The fourth-order valence-corrected chi connectivity index (χ4v) is 3.68. The lowest BCUT2D eigenvalue weighted by molar-refractivity contribution is 0.145. The van der Waals surface area contributed by atoms with Gasteiger partial charge in [0.2, 0.25) is 0 Å². The van der Waals surface area contributed by atoms with E-state index < -0.39 is 0 Å². The van der Waals surface area contributed by atoms with Crippen LogP contribution >= 0.6 is 0 Å². The van der Waals surface area contributed by atoms with E-state index in [-0.39, 0.29) is 18.1 Å². The van der Waals surface area contributed by atoms with E-state index in [1.54, 1.807) is 6.20 Å². The number of carbonyl (C=O) groups is 1. The van der Waals surface area contributed by atoms with Crippen LogP contribution in [0.2, 0.25) is 0 Å². The molecule has 7 nitrogen and oxygen atoms in total. The van der Waals surface area contributed by atoms with E-state index in [2.05, 4.69) is 34.2 Å². The van der Waals surface area contributed by atoms with Gasteiger partial charge in [-0.3, -0.25) is 4.68 Å². The van der Waals surface area contributed by atoms with Crippen LogP contribution in [0.25, 0.3) is 0 Å². The molecule has 1 aliphatic heterocycles. The first-order valence-electron chi connectivity index (χ1n) is 9.03. The lowest BCUT2D eigenvalue weighted by atomic mass is 10.0. The molecule has 7 heteroatoms. The molecule has 1 fully saturated rings. The zero-order chi connectivity index (χ0) is 18.0. The van der Waals surface area contributed by atoms with Gasteiger partial charge in [-0.15, -0.1) is 0 Å². The molecular weight excluding hydrogens is 316 g/mol. The molecule has 2 atom stereocenters. The molecule has 0 aliphatic carbocycles. The van der Waals surface area contributed by atoms with Gasteiger partial charge in [0.05, 0.1) is 11.7 Å². The van der Waals surface area contributed by atoms with E-state index in [0.717, 1.165) is 49.4 Å². The summed E-state index contributed by atoms with van der Waals surface area (Å²) >= 11 is 0. The summed E-state index contributed by atoms with van der Waals surface area (Å²) in [5, 5.41) is 7.62. The normalized spacial score (nSPS) is 19.0. The first-order chi connectivity index (χ1) is 12.0. The Hall–Kier alpha value is -2.31. The first-order valence-corrected chi connectivity index (χ1v) is 9.03. The van der Waals surface area contributed by atoms with Gasteiger partial charge < -0.3 is 15.2 Å². The third kappa shape index (κ3) is 3.70. The predicted octanol–water partition coefficient (Wildman–Crippen LogP) is 2.63. The summed E-state index contributed by atoms with van der Waals surface area (Å²) in [6.45, 7) is 6.92. The molecule has 0 aromatic carbocycles. The number of H-pyrrole nitrogens is 1. The van der Waals surface area contributed by atoms with Crippen LogP contribution in [0.5, 0.6) is 0 Å². The number of aromatic nitrogens is 4. The Labute approximate surface area is 148 Å². The number of amides is 2. The van der Waals surface area contributed by atoms with Crippen molar-refractivity contribution in [1.29, 1.82) is 0 Å². The highest BCUT2D eigenvalue weighted by Gasteiger charge is 2.30. The lowest BCUT2D eigenvalue weighted by Crippen LogP contribution is -2.48. The van der Waals surface area contributed by atoms with E-state index in [1.165, 1.54) is 5.56 Å². The minimum Gasteiger partial charge on any atom is -0.347 e. The van der Waals surface area contributed by atoms with E-state index in [1.807, 2.05) is 29.7 Å². The summed E-state index contributed by atoms with van der Waals surface area (Å²) in [4.78, 5) is 22.3. The number of carbonyl (C=O) groups excluding carboxylic acids is 1. The minimum atomic E-state index is -0.00667. The summed E-state index contributed by atoms with van der Waals surface area (Å²) in [6, 6.07) is 0.0823. The molecule has 2 aromatic heterocycles. The summed E-state index contributed by atoms with van der Waals surface area (Å²) in [5.74, 6) is 0.876. The number of piperidine rings is 1. The van der Waals surface area contributed by atoms with Crippen molar-refractivity contribution in [2.75, 3.05) is 6.54 Å². The highest BCUT2D eigenvalue weighted by molar-refractivity contribution is 5.75. The maximum atomic E-state index is 12.8. The van der Waals surface area contributed by atoms with E-state index in [9.17, 15) is 4.79 Å². The second-order valence-corrected chi connectivity index (χ2v) is 7.01. The average molecular weight is 344 g/mol. The Bertz CT molecular complexity index is 720. The number of imidazole rings is 1. The van der Waals surface area contributed by atoms with Gasteiger partial charge in [0.15, 0.2) is 0 Å². The Balaban J connectivity index is 1.66. The maximum Gasteiger partial charge on any atom is 0.318 e. The fraction of sp³-hybridized carbons (Fsp3) is 0.611. The van der Waals surface area contributed by atoms with Crippen LogP contribution in [0, 0.1) is 13.8 Å². The van der Waals surface area contributed by atoms with Crippen LogP contribution in [-0.2, 0) is 13.5 Å². The van der Waals surface area contributed by atoms with Crippen molar-refractivity contribution >= 4 is 6.03 Å². The van der Waals surface area contributed by atoms with Gasteiger partial charge in [0.1, 0.15) is 5.82 Å². The minimum absolute atomic E-state index is 0.00667. The average Bonchev–Trinajstić information content (AvgIpc) is 3.20. The van der Waals surface area contributed by atoms with Crippen LogP contribution in [0.1, 0.15) is 55.0 Å². The Morgan fingerprint density at radius 2 is 2.24 bits per heavy atom. The number of aryl methyl sites for hydroxylation is 2. The molecule has 0 unspecified atom stereocenters. The highest BCUT2D eigenvalue weighted by atomic mass is 16.2. The molecule has 2 amide bonds. The van der Waals surface area contributed by atoms with Crippen molar-refractivity contribution in [3.05, 3.63) is 35.2 Å². The Kier molecular flexibility index (Phi) is 5.11. The van der Waals surface area contributed by atoms with Crippen LogP contribution in [0.15, 0.2) is 12.4 Å². The van der Waals surface area contributed by atoms with Crippen molar-refractivity contribution in [2.24, 2.45) is 7.05 Å². The van der Waals surface area contributed by atoms with Crippen molar-refractivity contribution in [3.8, 4) is 0 Å². The Morgan fingerprint density at radius 3 is 2.88 bits per heavy atom. The largest absolute Gasteiger partial charge is 0.347 e. The van der Waals surface area contributed by atoms with Crippen LogP contribution in [0.4, 0.5) is 4.79 Å². The summed E-state index contributed by atoms with van der Waals surface area (Å²) in [5.41, 5.74) is 3.41. The molecular formula is C18H28N6O. The molecule has 2 aromatic rings. The fourth-order valence-electron chi connectivity index (χ4n) is 3.68. The van der Waals surface area contributed by atoms with Gasteiger partial charge in [-0.25, -0.2) is 9.78 Å². The monoisotopic (exact) mass is 344 g/mol. The van der Waals surface area contributed by atoms with E-state index in [0.29, 0.717) is 0 Å². The summed E-state index contributed by atoms with van der Waals surface area (Å²) < 4.78 is 1.90. The maximum absolute atomic E-state index is 12.8. The molecule has 25 heavy (non-hydrogen) atoms. The van der Waals surface area contributed by atoms with Gasteiger partial charge in [-0.2, -0.15) is 5.10 Å². The Morgan fingerprint density at radius 1 is 1.44 bits per heavy atom. The smallest absolute Gasteiger partial charge is 0.318 e. The number of aromatic amines is 1. The summed E-state index contributed by atoms with van der Waals surface area (Å²) in [7, 11) is 1.96. The molecule has 3 heterocycles. The second kappa shape index (κ2) is 7.29. The topological polar surface area (TPSA) is 78.8 Å². The van der Waals surface area contributed by atoms with Gasteiger partial charge in [0, 0.05) is 37.7 Å². The SMILES string of the molecule is Cc1nn(C)c(C)c1C[C@H](C)NC(=O)N1CCCC[C@@H]1c1ncc[nH]1. The van der Waals surface area contributed by atoms with Crippen LogP contribution in [0.3, 0.4) is 0 Å². The van der Waals surface area contributed by atoms with Crippen LogP contribution < -0.4 is 5.32 Å². The third-order valence-corrected chi connectivity index (χ3v) is 5.14. The number of likely N-dealkylation sites (tertiary alicyclic amines) is 1. The standard InChI is InChI=1S/C18H28N6O/c1-12(11-15-13(2)22-23(4)14(15)3)21-18(25)24-10-6-5-7-16(24)17-19-8-9-20-17/h8-9,12,16H,5-7,10-11H2,1-4H3,(H,19,20)(H,21,25)/t12-,16+/m0/s1. The molecule has 0 radical (unpaired) electrons. The second-order valence-electron chi connectivity index (χ2n) is 7.01. The van der Waals surface area contributed by atoms with Crippen molar-refractivity contribution in [3.63, 3.8) is 0 Å². The third-order valence-electron chi connectivity index (χ3n) is 5.14. The van der Waals surface area contributed by atoms with E-state index >= 15 is 0 Å². The van der Waals surface area contributed by atoms with Crippen LogP contribution in [-0.4, -0.2) is 43.3 Å². The van der Waals surface area contributed by atoms with Crippen molar-refractivity contribution in [2.45, 2.75) is 58.5 Å². The number of nitrogens with one attached hydrogen (secondary N) is 2. The number of urea groups is 1. The number of hydrogen-bond donors (Lipinski definition) is 2. The molecule has 0 saturated carbocycles. The van der Waals surface area contributed by atoms with Crippen molar-refractivity contribution < 1.29 is 4.79 Å². The summed E-state index contributed by atoms with van der Waals surface area (Å²) in [6.07, 6.45) is 7.47. The van der Waals surface area contributed by atoms with Gasteiger partial charge in [-0.05, 0) is 52.0 Å². The highest BCUT2D eigenvalue weighted by Crippen LogP contribution is 2.28. The molecule has 1 aliphatic rings. The molecule has 3 rings (SSSR count). The van der Waals surface area contributed by atoms with E-state index in [4.69, 9.17) is 0 Å². The number of nitrogens with zero attached hydrogens (tertiary/aromatic N) is 4. The zero-order valence-corrected chi connectivity index (χ0v) is 15.5. The number of rotatable bonds is 4. The van der Waals surface area contributed by atoms with Gasteiger partial charge in [0.25, 0.3) is 0 Å². The molecule has 2 N–H and O–H groups in total. The molecule has 136 valence electrons. The molecule has 0 spiro atoms. The number of hydrogen-bond acceptors (Lipinski definition) is 3. The molecule has 1 saturated heterocycles. The first kappa shape index (κ1) is 17.5. The zero-order valence-electron chi connectivity index (χ0n) is 15.5.